The molecule has 22 nitrogen and oxygen atoms in total. The highest BCUT2D eigenvalue weighted by atomic mass is 16.5. The van der Waals surface area contributed by atoms with Gasteiger partial charge in [-0.3, -0.25) is 0 Å². The zero-order valence-corrected chi connectivity index (χ0v) is 72.2. The topological polar surface area (TPSA) is 312 Å². The number of terminal acetylenes is 2. The lowest BCUT2D eigenvalue weighted by atomic mass is 9.78. The van der Waals surface area contributed by atoms with Crippen LogP contribution in [0, 0.1) is 122 Å². The van der Waals surface area contributed by atoms with Crippen molar-refractivity contribution >= 4 is 11.8 Å². The van der Waals surface area contributed by atoms with E-state index in [0.29, 0.717) is 63.2 Å². The number of aryl methyl sites for hydroxylation is 4. The summed E-state index contributed by atoms with van der Waals surface area (Å²) in [6.07, 6.45) is 27.2. The molecule has 0 aliphatic carbocycles. The van der Waals surface area contributed by atoms with Crippen LogP contribution >= 0.6 is 0 Å². The van der Waals surface area contributed by atoms with Crippen LogP contribution in [0.3, 0.4) is 0 Å². The third kappa shape index (κ3) is 24.8. The number of carbonyl (C=O) groups excluding carboxylic acids is 1. The van der Waals surface area contributed by atoms with Crippen molar-refractivity contribution in [2.45, 2.75) is 131 Å². The summed E-state index contributed by atoms with van der Waals surface area (Å²) in [5.41, 5.74) is 16.3. The lowest BCUT2D eigenvalue weighted by molar-refractivity contribution is 0.362. The molecule has 128 heavy (non-hydrogen) atoms. The van der Waals surface area contributed by atoms with Crippen molar-refractivity contribution in [2.24, 2.45) is 4.99 Å². The highest BCUT2D eigenvalue weighted by molar-refractivity contribution is 5.54. The van der Waals surface area contributed by atoms with E-state index in [4.69, 9.17) is 96.5 Å². The quantitative estimate of drug-likeness (QED) is 0.0200. The number of hydrogen-bond donors (Lipinski definition) is 0. The molecule has 1 aromatic heterocycles. The average molecular weight is 1700 g/mol. The van der Waals surface area contributed by atoms with E-state index >= 15 is 0 Å². The summed E-state index contributed by atoms with van der Waals surface area (Å²) >= 11 is 0. The maximum absolute atomic E-state index is 10.7. The van der Waals surface area contributed by atoms with Gasteiger partial charge in [-0.05, 0) is 244 Å². The lowest BCUT2D eigenvalue weighted by Crippen LogP contribution is -2.18. The van der Waals surface area contributed by atoms with E-state index in [1.54, 1.807) is 116 Å². The zero-order valence-electron chi connectivity index (χ0n) is 72.2. The second-order valence-electron chi connectivity index (χ2n) is 31.2. The second kappa shape index (κ2) is 44.1. The maximum atomic E-state index is 10.7. The minimum atomic E-state index is -0.373. The Morgan fingerprint density at radius 1 is 0.312 bits per heavy atom. The Morgan fingerprint density at radius 2 is 0.523 bits per heavy atom. The van der Waals surface area contributed by atoms with E-state index in [-0.39, 0.29) is 53.0 Å². The van der Waals surface area contributed by atoms with Crippen molar-refractivity contribution in [2.75, 3.05) is 0 Å². The molecule has 0 spiro atoms. The number of ether oxygens (including phenoxy) is 11. The molecule has 0 aliphatic rings. The highest BCUT2D eigenvalue weighted by Crippen LogP contribution is 2.41. The molecule has 22 heteroatoms. The minimum Gasteiger partial charge on any atom is -0.424 e. The molecule has 0 amide bonds. The number of aromatic nitrogens is 3. The average Bonchev–Trinajstić information content (AvgIpc) is 0.844. The molecular weight excluding hydrogens is 1610 g/mol. The van der Waals surface area contributed by atoms with Crippen molar-refractivity contribution in [1.29, 1.82) is 31.6 Å². The van der Waals surface area contributed by atoms with Crippen LogP contribution in [-0.4, -0.2) is 21.0 Å². The SMILES string of the molecule is C.C#COc1c(C)cc(Cc2cc(C)c(OC#N)c(C)c2)cc1C.C#COc1ccc(C(C)(C)c2ccc(OC#N)cc2)cc1.CC(C)(c1ccc(N=C=O)cc1)c1ccc(Oc2nc(Oc3ccc(C(C)(C)c4ccc(OC#N)cc4)cc3)nc(Oc3ccc(C(C)(C)c4ccc(OC#N)cc4)cc3)n2)cc1.CC(c1ccc(OC#N)cc1)c1ccc(OC#N)cc1. The minimum absolute atomic E-state index is 0. The largest absolute Gasteiger partial charge is 0.424 e. The first-order valence-electron chi connectivity index (χ1n) is 39.8. The number of benzene rings is 12. The fourth-order valence-corrected chi connectivity index (χ4v) is 14.1. The van der Waals surface area contributed by atoms with Gasteiger partial charge in [0.2, 0.25) is 6.08 Å². The van der Waals surface area contributed by atoms with E-state index < -0.39 is 0 Å². The van der Waals surface area contributed by atoms with E-state index in [1.165, 1.54) is 11.1 Å². The fraction of sp³-hybridized carbons (Fsp3) is 0.189. The smallest absolute Gasteiger partial charge is 0.331 e. The van der Waals surface area contributed by atoms with Gasteiger partial charge in [-0.25, -0.2) is 4.79 Å². The summed E-state index contributed by atoms with van der Waals surface area (Å²) in [5, 5.41) is 51.8. The molecule has 0 atom stereocenters. The number of hydrogen-bond acceptors (Lipinski definition) is 22. The molecule has 0 N–H and O–H groups in total. The van der Waals surface area contributed by atoms with Gasteiger partial charge in [0, 0.05) is 27.6 Å². The van der Waals surface area contributed by atoms with Crippen LogP contribution in [-0.2, 0) is 32.9 Å². The molecule has 638 valence electrons. The van der Waals surface area contributed by atoms with Gasteiger partial charge >= 0.3 is 18.0 Å². The third-order valence-electron chi connectivity index (χ3n) is 21.5. The van der Waals surface area contributed by atoms with Crippen LogP contribution in [0.4, 0.5) is 5.69 Å². The van der Waals surface area contributed by atoms with Crippen LogP contribution in [0.15, 0.2) is 272 Å². The van der Waals surface area contributed by atoms with Gasteiger partial charge in [0.05, 0.1) is 5.69 Å². The molecule has 0 fully saturated rings. The summed E-state index contributed by atoms with van der Waals surface area (Å²) in [6, 6.07) is 83.2. The summed E-state index contributed by atoms with van der Waals surface area (Å²) in [5.74, 6) is 6.22. The Hall–Kier alpha value is -17.1. The molecule has 12 aromatic carbocycles. The number of nitriles is 6. The third-order valence-corrected chi connectivity index (χ3v) is 21.5. The molecule has 1 heterocycles. The standard InChI is InChI=1S/C51H42N6O6.C20H19NO2.C18H15NO2.C16H12N2O2.CH4/c1-49(2,34-7-19-40(20-8-34)54-33-58)37-13-25-43(26-14-37)61-46-55-47(62-44-27-15-38(16-28-44)50(3,4)35-9-21-41(22-10-35)59-31-52)57-48(56-46)63-45-29-17-39(18-30-45)51(5,6)36-11-23-42(24-12-36)60-32-53;1-6-22-19-13(2)7-17(8-14(19)3)11-18-9-15(4)20(23-12-21)16(5)10-18;1-4-20-16-9-5-14(6-10-16)18(2,3)15-7-11-17(12-8-15)21-13-19;1-12(13-2-6-15(7-3-13)19-10-17)14-4-8-16(9-5-14)20-11-18;/h7-30H,1-6H3;1,7-10H,11H2,2-5H3;1,5-12H,2-3H3;2-9,12H,1H3;1H4. The van der Waals surface area contributed by atoms with Crippen molar-refractivity contribution in [3.63, 3.8) is 0 Å². The zero-order chi connectivity index (χ0) is 91.3. The Labute approximate surface area is 747 Å². The highest BCUT2D eigenvalue weighted by Gasteiger charge is 2.28. The number of aliphatic imine (C=N–C) groups is 1. The molecule has 0 saturated carbocycles. The Bertz CT molecular complexity index is 6010. The first-order chi connectivity index (χ1) is 61.0. The van der Waals surface area contributed by atoms with Gasteiger partial charge in [-0.2, -0.15) is 4.99 Å². The Morgan fingerprint density at radius 3 is 0.750 bits per heavy atom. The summed E-state index contributed by atoms with van der Waals surface area (Å²) in [4.78, 5) is 27.9. The number of isocyanates is 1. The second-order valence-corrected chi connectivity index (χ2v) is 31.2. The van der Waals surface area contributed by atoms with Gasteiger partial charge in [0.1, 0.15) is 75.5 Å². The number of nitrogens with zero attached hydrogens (tertiary/aromatic N) is 10. The van der Waals surface area contributed by atoms with E-state index in [0.717, 1.165) is 90.1 Å². The van der Waals surface area contributed by atoms with Crippen molar-refractivity contribution < 1.29 is 56.9 Å². The van der Waals surface area contributed by atoms with Gasteiger partial charge in [-0.1, -0.05) is 228 Å². The molecule has 13 rings (SSSR count). The first-order valence-corrected chi connectivity index (χ1v) is 39.8. The van der Waals surface area contributed by atoms with Crippen molar-refractivity contribution in [3.8, 4) is 144 Å². The van der Waals surface area contributed by atoms with Crippen LogP contribution < -0.4 is 52.1 Å². The molecule has 13 aromatic rings. The first kappa shape index (κ1) is 94.7. The lowest BCUT2D eigenvalue weighted by Gasteiger charge is -2.26. The van der Waals surface area contributed by atoms with Crippen LogP contribution in [0.5, 0.6) is 81.3 Å². The van der Waals surface area contributed by atoms with Gasteiger partial charge < -0.3 is 52.1 Å². The predicted molar refractivity (Wildman–Crippen MR) is 486 cm³/mol. The summed E-state index contributed by atoms with van der Waals surface area (Å²) < 4.78 is 58.0. The van der Waals surface area contributed by atoms with Gasteiger partial charge in [0.25, 0.3) is 37.5 Å². The van der Waals surface area contributed by atoms with Gasteiger partial charge in [0.15, 0.2) is 0 Å². The Kier molecular flexibility index (Phi) is 32.6. The Balaban J connectivity index is 0.000000230. The molecule has 0 bridgehead atoms. The predicted octanol–water partition coefficient (Wildman–Crippen LogP) is 24.3. The fourth-order valence-electron chi connectivity index (χ4n) is 14.1. The molecule has 0 saturated heterocycles. The monoisotopic (exact) mass is 1700 g/mol. The summed E-state index contributed by atoms with van der Waals surface area (Å²) in [6.45, 7) is 26.9. The molecular formula is C106H92N10O12. The van der Waals surface area contributed by atoms with Crippen LogP contribution in [0.2, 0.25) is 0 Å². The van der Waals surface area contributed by atoms with Crippen molar-refractivity contribution in [1.82, 2.24) is 15.0 Å². The van der Waals surface area contributed by atoms with E-state index in [2.05, 4.69) is 119 Å². The van der Waals surface area contributed by atoms with Crippen molar-refractivity contribution in [3.05, 3.63) is 356 Å². The van der Waals surface area contributed by atoms with Gasteiger partial charge in [-0.15, -0.1) is 46.5 Å². The number of rotatable bonds is 27. The van der Waals surface area contributed by atoms with Crippen LogP contribution in [0.1, 0.15) is 165 Å². The van der Waals surface area contributed by atoms with E-state index in [1.807, 2.05) is 198 Å². The molecule has 0 unspecified atom stereocenters. The maximum Gasteiger partial charge on any atom is 0.331 e. The van der Waals surface area contributed by atoms with E-state index in [9.17, 15) is 4.79 Å². The normalized spacial score (nSPS) is 10.5. The van der Waals surface area contributed by atoms with Crippen LogP contribution in [0.25, 0.3) is 0 Å². The molecule has 0 radical (unpaired) electrons. The molecule has 0 aliphatic heterocycles. The summed E-state index contributed by atoms with van der Waals surface area (Å²) in [7, 11) is 0.